The van der Waals surface area contributed by atoms with Crippen LogP contribution in [0.3, 0.4) is 0 Å². The molecule has 5 heteroatoms. The molecule has 5 aromatic carbocycles. The molecule has 40 heavy (non-hydrogen) atoms. The normalized spacial score (nSPS) is 10.9. The first-order valence-corrected chi connectivity index (χ1v) is 14.8. The number of hydrogen-bond donors (Lipinski definition) is 0. The maximum atomic E-state index is 2.38. The van der Waals surface area contributed by atoms with Gasteiger partial charge in [0.25, 0.3) is 0 Å². The average molecular weight is 775 g/mol. The fourth-order valence-electron chi connectivity index (χ4n) is 4.11. The van der Waals surface area contributed by atoms with Crippen LogP contribution in [0.5, 0.6) is 0 Å². The number of nitrogens with zero attached hydrogens (tertiary/aromatic N) is 2. The van der Waals surface area contributed by atoms with Gasteiger partial charge in [0.2, 0.25) is 0 Å². The number of likely N-dealkylation sites (N-methyl/N-ethyl adjacent to an activating group) is 2. The van der Waals surface area contributed by atoms with Gasteiger partial charge < -0.3 is 9.80 Å². The first-order chi connectivity index (χ1) is 18.6. The zero-order valence-electron chi connectivity index (χ0n) is 23.9. The van der Waals surface area contributed by atoms with E-state index in [0.717, 1.165) is 13.1 Å². The van der Waals surface area contributed by atoms with Crippen LogP contribution in [0.2, 0.25) is 0 Å². The Morgan fingerprint density at radius 1 is 0.625 bits per heavy atom. The van der Waals surface area contributed by atoms with E-state index in [9.17, 15) is 0 Å². The molecule has 0 saturated heterocycles. The van der Waals surface area contributed by atoms with Gasteiger partial charge in [0.05, 0.1) is 7.92 Å². The van der Waals surface area contributed by atoms with E-state index in [1.54, 1.807) is 0 Å². The molecule has 0 aliphatic rings. The Morgan fingerprint density at radius 3 is 1.35 bits per heavy atom. The first-order valence-electron chi connectivity index (χ1n) is 13.3. The molecule has 0 aliphatic heterocycles. The van der Waals surface area contributed by atoms with Crippen molar-refractivity contribution in [3.05, 3.63) is 151 Å². The van der Waals surface area contributed by atoms with Crippen LogP contribution >= 0.6 is 7.92 Å². The first kappa shape index (κ1) is 36.0. The summed E-state index contributed by atoms with van der Waals surface area (Å²) in [5.41, 5.74) is 1.41. The van der Waals surface area contributed by atoms with Crippen molar-refractivity contribution in [2.24, 2.45) is 0 Å². The zero-order chi connectivity index (χ0) is 27.0. The third-order valence-electron chi connectivity index (χ3n) is 6.47. The molecule has 0 spiro atoms. The summed E-state index contributed by atoms with van der Waals surface area (Å²) in [5.74, 6) is 0. The molecule has 1 unspecified atom stereocenters. The van der Waals surface area contributed by atoms with Gasteiger partial charge in [-0.3, -0.25) is 0 Å². The summed E-state index contributed by atoms with van der Waals surface area (Å²) in [6, 6.07) is 51.6. The largest absolute Gasteiger partial charge is 1.00 e. The molecule has 0 heterocycles. The van der Waals surface area contributed by atoms with Crippen LogP contribution in [0.15, 0.2) is 146 Å². The Kier molecular flexibility index (Phi) is 18.7. The Bertz CT molecular complexity index is 1100. The molecule has 0 fully saturated rings. The van der Waals surface area contributed by atoms with Crippen LogP contribution in [0.4, 0.5) is 0 Å². The molecule has 1 atom stereocenters. The summed E-state index contributed by atoms with van der Waals surface area (Å²) < 4.78 is 0. The minimum absolute atomic E-state index is 0. The maximum absolute atomic E-state index is 2.38. The SMILES string of the molecule is CC([c-]1cccc1)N(C)CCN(C)C.[Au+].[Fe].c1cc[cH-]c1.c1ccc([PH+](c2ccccc2)c2ccccc2)cc1. The molecule has 0 aromatic heterocycles. The average Bonchev–Trinajstić information content (AvgIpc) is 3.72. The van der Waals surface area contributed by atoms with Crippen LogP contribution in [-0.2, 0) is 39.4 Å². The molecule has 5 rings (SSSR count). The van der Waals surface area contributed by atoms with Gasteiger partial charge in [-0.05, 0) is 63.6 Å². The van der Waals surface area contributed by atoms with Crippen LogP contribution in [0.25, 0.3) is 0 Å². The summed E-state index contributed by atoms with van der Waals surface area (Å²) in [6.07, 6.45) is 0. The van der Waals surface area contributed by atoms with Gasteiger partial charge in [0, 0.05) is 30.2 Å². The van der Waals surface area contributed by atoms with Gasteiger partial charge in [0.15, 0.2) is 0 Å². The van der Waals surface area contributed by atoms with Crippen molar-refractivity contribution in [2.75, 3.05) is 34.2 Å². The van der Waals surface area contributed by atoms with Gasteiger partial charge in [-0.25, -0.2) is 24.3 Å². The van der Waals surface area contributed by atoms with Crippen LogP contribution < -0.4 is 15.9 Å². The molecule has 216 valence electrons. The van der Waals surface area contributed by atoms with Crippen molar-refractivity contribution in [3.8, 4) is 0 Å². The molecule has 0 N–H and O–H groups in total. The molecule has 0 radical (unpaired) electrons. The minimum atomic E-state index is -0.877. The summed E-state index contributed by atoms with van der Waals surface area (Å²) in [5, 5.41) is 4.31. The van der Waals surface area contributed by atoms with Crippen LogP contribution in [-0.4, -0.2) is 44.0 Å². The van der Waals surface area contributed by atoms with E-state index in [0.29, 0.717) is 6.04 Å². The van der Waals surface area contributed by atoms with E-state index in [1.165, 1.54) is 21.5 Å². The second-order valence-electron chi connectivity index (χ2n) is 9.61. The van der Waals surface area contributed by atoms with E-state index < -0.39 is 7.92 Å². The number of hydrogen-bond acceptors (Lipinski definition) is 2. The van der Waals surface area contributed by atoms with Crippen molar-refractivity contribution < 1.29 is 39.4 Å². The second-order valence-corrected chi connectivity index (χ2v) is 12.1. The number of benzene rings is 3. The Balaban J connectivity index is 0.000000336. The molecule has 0 aliphatic carbocycles. The fourth-order valence-corrected chi connectivity index (χ4v) is 6.69. The van der Waals surface area contributed by atoms with Gasteiger partial charge in [-0.1, -0.05) is 61.5 Å². The molecule has 5 aromatic rings. The smallest absolute Gasteiger partial charge is 0.309 e. The van der Waals surface area contributed by atoms with Crippen molar-refractivity contribution in [1.29, 1.82) is 0 Å². The maximum Gasteiger partial charge on any atom is 1.00 e. The monoisotopic (exact) mass is 774 g/mol. The molecule has 0 bridgehead atoms. The second kappa shape index (κ2) is 20.8. The van der Waals surface area contributed by atoms with Gasteiger partial charge in [-0.15, -0.1) is 5.56 Å². The van der Waals surface area contributed by atoms with Gasteiger partial charge >= 0.3 is 22.4 Å². The Morgan fingerprint density at radius 2 is 1.02 bits per heavy atom. The molecular formula is C35H42AuFeN2P. The van der Waals surface area contributed by atoms with E-state index >= 15 is 0 Å². The van der Waals surface area contributed by atoms with Crippen molar-refractivity contribution in [3.63, 3.8) is 0 Å². The third kappa shape index (κ3) is 12.6. The topological polar surface area (TPSA) is 6.48 Å². The van der Waals surface area contributed by atoms with Crippen molar-refractivity contribution in [2.45, 2.75) is 13.0 Å². The van der Waals surface area contributed by atoms with E-state index in [2.05, 4.69) is 153 Å². The van der Waals surface area contributed by atoms with E-state index in [1.807, 2.05) is 30.3 Å². The standard InChI is InChI=1S/C18H15P.C12H21N2.C5H5.Au.Fe/c1-4-10-16(11-5-1)19(17-12-6-2-7-13-17)18-14-8-3-9-15-18;1-11(12-7-5-6-8-12)14(4)10-9-13(2)3;1-2-4-5-3-1;;/h1-15H;5-8,11H,9-10H2,1-4H3;1-5H;;/q;2*-1;+1;/p+1. The molecule has 0 amide bonds. The Labute approximate surface area is 269 Å². The quantitative estimate of drug-likeness (QED) is 0.101. The van der Waals surface area contributed by atoms with Gasteiger partial charge in [0.1, 0.15) is 15.9 Å². The third-order valence-corrected chi connectivity index (χ3v) is 9.21. The predicted octanol–water partition coefficient (Wildman–Crippen LogP) is 6.54. The molecule has 0 saturated carbocycles. The van der Waals surface area contributed by atoms with Crippen molar-refractivity contribution in [1.82, 2.24) is 9.80 Å². The number of rotatable bonds is 8. The van der Waals surface area contributed by atoms with Crippen LogP contribution in [0.1, 0.15) is 18.5 Å². The fraction of sp³-hybridized carbons (Fsp3) is 0.200. The summed E-state index contributed by atoms with van der Waals surface area (Å²) >= 11 is 0. The molecule has 2 nitrogen and oxygen atoms in total. The summed E-state index contributed by atoms with van der Waals surface area (Å²) in [6.45, 7) is 4.48. The summed E-state index contributed by atoms with van der Waals surface area (Å²) in [7, 11) is 5.53. The van der Waals surface area contributed by atoms with Gasteiger partial charge in [-0.2, -0.15) is 30.3 Å². The zero-order valence-corrected chi connectivity index (χ0v) is 28.2. The van der Waals surface area contributed by atoms with E-state index in [-0.39, 0.29) is 39.4 Å². The predicted molar refractivity (Wildman–Crippen MR) is 170 cm³/mol. The van der Waals surface area contributed by atoms with Crippen molar-refractivity contribution >= 4 is 23.8 Å². The minimum Gasteiger partial charge on any atom is -0.309 e. The summed E-state index contributed by atoms with van der Waals surface area (Å²) in [4.78, 5) is 4.60. The van der Waals surface area contributed by atoms with E-state index in [4.69, 9.17) is 0 Å². The molecular weight excluding hydrogens is 732 g/mol. The van der Waals surface area contributed by atoms with Crippen LogP contribution in [0, 0.1) is 0 Å². The Hall–Kier alpha value is -2.03.